The lowest BCUT2D eigenvalue weighted by Gasteiger charge is -2.21. The first-order valence-electron chi connectivity index (χ1n) is 10.5. The molecule has 3 rings (SSSR count). The number of aryl methyl sites for hydroxylation is 4. The summed E-state index contributed by atoms with van der Waals surface area (Å²) in [6, 6.07) is 22.8. The smallest absolute Gasteiger partial charge is 0.0845 e. The van der Waals surface area contributed by atoms with Gasteiger partial charge in [0.15, 0.2) is 8.80 Å². The van der Waals surface area contributed by atoms with Gasteiger partial charge in [0.25, 0.3) is 0 Å². The molecule has 0 nitrogen and oxygen atoms in total. The quantitative estimate of drug-likeness (QED) is 0.378. The Morgan fingerprint density at radius 3 is 1.36 bits per heavy atom. The zero-order chi connectivity index (χ0) is 20.1. The Morgan fingerprint density at radius 1 is 0.607 bits per heavy atom. The number of hydrogen-bond donors (Lipinski definition) is 0. The molecule has 3 aromatic carbocycles. The van der Waals surface area contributed by atoms with Crippen molar-refractivity contribution in [3.8, 4) is 0 Å². The molecule has 0 aliphatic heterocycles. The first kappa shape index (κ1) is 20.9. The molecule has 0 aliphatic rings. The lowest BCUT2D eigenvalue weighted by Crippen LogP contribution is -2.53. The average molecular weight is 406 g/mol. The van der Waals surface area contributed by atoms with Gasteiger partial charge in [-0.05, 0) is 59.2 Å². The molecule has 0 atom stereocenters. The number of halogens is 1. The first-order chi connectivity index (χ1) is 13.6. The van der Waals surface area contributed by atoms with Crippen molar-refractivity contribution < 1.29 is 0 Å². The third-order valence-corrected chi connectivity index (χ3v) is 8.65. The molecule has 0 N–H and O–H groups in total. The Morgan fingerprint density at radius 2 is 1.00 bits per heavy atom. The van der Waals surface area contributed by atoms with Gasteiger partial charge in [-0.3, -0.25) is 0 Å². The van der Waals surface area contributed by atoms with Crippen molar-refractivity contribution in [1.82, 2.24) is 0 Å². The van der Waals surface area contributed by atoms with E-state index in [1.54, 1.807) is 0 Å². The summed E-state index contributed by atoms with van der Waals surface area (Å²) in [6.45, 7) is 8.97. The van der Waals surface area contributed by atoms with Gasteiger partial charge in [-0.1, -0.05) is 104 Å². The fraction of sp³-hybridized carbons (Fsp3) is 0.308. The minimum atomic E-state index is -1.17. The minimum Gasteiger partial charge on any atom is -0.0845 e. The standard InChI is InChI=1S/C26H30ClSi/c1-5-19-13-20(6-2)16-23(15-19)28(26-12-10-9-11-25(26)27)24-17-21(7-3)14-22(8-4)18-24/h9-18H,5-8H2,1-4H3. The molecular weight excluding hydrogens is 376 g/mol. The molecule has 0 spiro atoms. The lowest BCUT2D eigenvalue weighted by atomic mass is 10.1. The highest BCUT2D eigenvalue weighted by atomic mass is 35.5. The van der Waals surface area contributed by atoms with E-state index in [9.17, 15) is 0 Å². The van der Waals surface area contributed by atoms with E-state index in [-0.39, 0.29) is 0 Å². The Labute approximate surface area is 177 Å². The van der Waals surface area contributed by atoms with Crippen LogP contribution in [0.15, 0.2) is 60.7 Å². The van der Waals surface area contributed by atoms with E-state index in [4.69, 9.17) is 11.6 Å². The molecule has 0 aliphatic carbocycles. The fourth-order valence-corrected chi connectivity index (χ4v) is 7.05. The fourth-order valence-electron chi connectivity index (χ4n) is 3.77. The van der Waals surface area contributed by atoms with Crippen LogP contribution in [0.1, 0.15) is 49.9 Å². The number of hydrogen-bond acceptors (Lipinski definition) is 0. The van der Waals surface area contributed by atoms with Gasteiger partial charge in [-0.25, -0.2) is 0 Å². The normalized spacial score (nSPS) is 11.2. The second kappa shape index (κ2) is 9.58. The van der Waals surface area contributed by atoms with E-state index in [0.29, 0.717) is 0 Å². The minimum absolute atomic E-state index is 0.885. The molecule has 0 fully saturated rings. The maximum atomic E-state index is 6.74. The summed E-state index contributed by atoms with van der Waals surface area (Å²) in [5.74, 6) is 0. The van der Waals surface area contributed by atoms with Crippen molar-refractivity contribution in [2.24, 2.45) is 0 Å². The predicted octanol–water partition coefficient (Wildman–Crippen LogP) is 5.11. The monoisotopic (exact) mass is 405 g/mol. The summed E-state index contributed by atoms with van der Waals surface area (Å²) in [6.07, 6.45) is 4.25. The van der Waals surface area contributed by atoms with Crippen molar-refractivity contribution in [3.63, 3.8) is 0 Å². The average Bonchev–Trinajstić information content (AvgIpc) is 2.74. The highest BCUT2D eigenvalue weighted by Crippen LogP contribution is 2.12. The van der Waals surface area contributed by atoms with Crippen LogP contribution in [0.2, 0.25) is 5.02 Å². The molecule has 0 amide bonds. The third-order valence-electron chi connectivity index (χ3n) is 5.46. The lowest BCUT2D eigenvalue weighted by molar-refractivity contribution is 1.09. The number of benzene rings is 3. The van der Waals surface area contributed by atoms with Gasteiger partial charge >= 0.3 is 0 Å². The molecule has 1 radical (unpaired) electrons. The van der Waals surface area contributed by atoms with Crippen LogP contribution in [-0.2, 0) is 25.7 Å². The maximum Gasteiger partial charge on any atom is 0.156 e. The molecule has 3 aromatic rings. The van der Waals surface area contributed by atoms with Crippen LogP contribution in [-0.4, -0.2) is 8.80 Å². The molecule has 2 heteroatoms. The van der Waals surface area contributed by atoms with E-state index < -0.39 is 8.80 Å². The Bertz CT molecular complexity index is 845. The van der Waals surface area contributed by atoms with Gasteiger partial charge in [-0.2, -0.15) is 0 Å². The molecule has 145 valence electrons. The SMILES string of the molecule is CCc1cc(CC)cc([Si](c2cc(CC)cc(CC)c2)c2ccccc2Cl)c1. The van der Waals surface area contributed by atoms with E-state index in [1.807, 2.05) is 12.1 Å². The van der Waals surface area contributed by atoms with Crippen LogP contribution in [0.25, 0.3) is 0 Å². The Hall–Kier alpha value is -1.83. The maximum absolute atomic E-state index is 6.74. The first-order valence-corrected chi connectivity index (χ1v) is 12.4. The highest BCUT2D eigenvalue weighted by Gasteiger charge is 2.23. The van der Waals surface area contributed by atoms with Gasteiger partial charge in [-0.15, -0.1) is 0 Å². The van der Waals surface area contributed by atoms with Crippen molar-refractivity contribution in [2.75, 3.05) is 0 Å². The van der Waals surface area contributed by atoms with Gasteiger partial charge in [0, 0.05) is 5.02 Å². The summed E-state index contributed by atoms with van der Waals surface area (Å²) in [4.78, 5) is 0. The summed E-state index contributed by atoms with van der Waals surface area (Å²) in [5, 5.41) is 5.07. The van der Waals surface area contributed by atoms with Crippen LogP contribution < -0.4 is 15.6 Å². The van der Waals surface area contributed by atoms with Gasteiger partial charge in [0.2, 0.25) is 0 Å². The molecule has 0 aromatic heterocycles. The summed E-state index contributed by atoms with van der Waals surface area (Å²) < 4.78 is 0. The van der Waals surface area contributed by atoms with Crippen LogP contribution in [0, 0.1) is 0 Å². The van der Waals surface area contributed by atoms with Crippen molar-refractivity contribution >= 4 is 36.0 Å². The molecule has 0 heterocycles. The van der Waals surface area contributed by atoms with Gasteiger partial charge in [0.1, 0.15) is 0 Å². The molecule has 0 unspecified atom stereocenters. The molecule has 0 bridgehead atoms. The van der Waals surface area contributed by atoms with Crippen LogP contribution in [0.5, 0.6) is 0 Å². The topological polar surface area (TPSA) is 0 Å². The van der Waals surface area contributed by atoms with Crippen LogP contribution in [0.3, 0.4) is 0 Å². The summed E-state index contributed by atoms with van der Waals surface area (Å²) >= 11 is 6.74. The van der Waals surface area contributed by atoms with Crippen LogP contribution in [0.4, 0.5) is 0 Å². The van der Waals surface area contributed by atoms with E-state index >= 15 is 0 Å². The molecule has 0 saturated carbocycles. The van der Waals surface area contributed by atoms with E-state index in [1.165, 1.54) is 37.8 Å². The molecular formula is C26H30ClSi. The van der Waals surface area contributed by atoms with Gasteiger partial charge in [0.05, 0.1) is 0 Å². The highest BCUT2D eigenvalue weighted by molar-refractivity contribution is 6.96. The van der Waals surface area contributed by atoms with Crippen molar-refractivity contribution in [2.45, 2.75) is 53.4 Å². The molecule has 28 heavy (non-hydrogen) atoms. The van der Waals surface area contributed by atoms with E-state index in [0.717, 1.165) is 30.7 Å². The van der Waals surface area contributed by atoms with Gasteiger partial charge < -0.3 is 0 Å². The predicted molar refractivity (Wildman–Crippen MR) is 127 cm³/mol. The largest absolute Gasteiger partial charge is 0.156 e. The molecule has 0 saturated heterocycles. The second-order valence-corrected chi connectivity index (χ2v) is 10.2. The van der Waals surface area contributed by atoms with Crippen LogP contribution >= 0.6 is 11.6 Å². The summed E-state index contributed by atoms with van der Waals surface area (Å²) in [5.41, 5.74) is 5.69. The Balaban J connectivity index is 2.27. The second-order valence-electron chi connectivity index (χ2n) is 7.35. The Kier molecular flexibility index (Phi) is 7.15. The third kappa shape index (κ3) is 4.59. The summed E-state index contributed by atoms with van der Waals surface area (Å²) in [7, 11) is -1.17. The zero-order valence-corrected chi connectivity index (χ0v) is 19.2. The van der Waals surface area contributed by atoms with E-state index in [2.05, 4.69) is 76.2 Å². The van der Waals surface area contributed by atoms with Crippen molar-refractivity contribution in [1.29, 1.82) is 0 Å². The number of rotatable bonds is 7. The zero-order valence-electron chi connectivity index (χ0n) is 17.5. The van der Waals surface area contributed by atoms with Crippen molar-refractivity contribution in [3.05, 3.63) is 87.9 Å².